The molecule has 162 valence electrons. The lowest BCUT2D eigenvalue weighted by atomic mass is 9.98. The van der Waals surface area contributed by atoms with Gasteiger partial charge >= 0.3 is 0 Å². The Hall–Kier alpha value is -4.01. The fraction of sp³-hybridized carbons (Fsp3) is 0.217. The van der Waals surface area contributed by atoms with E-state index in [0.717, 1.165) is 33.8 Å². The van der Waals surface area contributed by atoms with Gasteiger partial charge in [-0.2, -0.15) is 5.06 Å². The largest absolute Gasteiger partial charge is 0.384 e. The van der Waals surface area contributed by atoms with Crippen LogP contribution in [0.1, 0.15) is 18.7 Å². The number of guanidine groups is 1. The first kappa shape index (κ1) is 18.7. The number of nitrogens with one attached hydrogen (secondary N) is 3. The van der Waals surface area contributed by atoms with Crippen LogP contribution in [0.2, 0.25) is 0 Å². The van der Waals surface area contributed by atoms with Gasteiger partial charge in [-0.3, -0.25) is 0 Å². The summed E-state index contributed by atoms with van der Waals surface area (Å²) in [6.45, 7) is 1.01. The Morgan fingerprint density at radius 2 is 2.16 bits per heavy atom. The molecule has 1 atom stereocenters. The van der Waals surface area contributed by atoms with Gasteiger partial charge in [-0.1, -0.05) is 18.2 Å². The Morgan fingerprint density at radius 1 is 1.22 bits per heavy atom. The molecule has 8 nitrogen and oxygen atoms in total. The number of hydrogen-bond acceptors (Lipinski definition) is 5. The van der Waals surface area contributed by atoms with E-state index in [1.165, 1.54) is 0 Å². The molecule has 0 fully saturated rings. The molecule has 0 amide bonds. The smallest absolute Gasteiger partial charge is 0.196 e. The maximum atomic E-state index is 13.6. The molecule has 0 radical (unpaired) electrons. The predicted molar refractivity (Wildman–Crippen MR) is 119 cm³/mol. The molecule has 0 saturated heterocycles. The summed E-state index contributed by atoms with van der Waals surface area (Å²) >= 11 is 0. The third-order valence-corrected chi connectivity index (χ3v) is 5.83. The van der Waals surface area contributed by atoms with Crippen LogP contribution in [0.5, 0.6) is 0 Å². The van der Waals surface area contributed by atoms with Crippen LogP contribution in [0.15, 0.2) is 88.9 Å². The number of para-hydroxylation sites is 2. The number of aromatic amines is 1. The number of hydrogen-bond donors (Lipinski definition) is 3. The van der Waals surface area contributed by atoms with E-state index in [4.69, 9.17) is 4.84 Å². The number of H-pyrrole nitrogens is 1. The first-order valence-electron chi connectivity index (χ1n) is 10.6. The van der Waals surface area contributed by atoms with Crippen molar-refractivity contribution in [1.82, 2.24) is 30.6 Å². The van der Waals surface area contributed by atoms with Crippen LogP contribution in [0.25, 0.3) is 11.0 Å². The topological polar surface area (TPSA) is 80.8 Å². The number of hydroxylamine groups is 2. The summed E-state index contributed by atoms with van der Waals surface area (Å²) < 4.78 is 13.6. The average Bonchev–Trinajstić information content (AvgIpc) is 3.36. The van der Waals surface area contributed by atoms with E-state index in [-0.39, 0.29) is 11.9 Å². The summed E-state index contributed by atoms with van der Waals surface area (Å²) in [5, 5.41) is 8.49. The summed E-state index contributed by atoms with van der Waals surface area (Å²) in [7, 11) is 0. The van der Waals surface area contributed by atoms with Gasteiger partial charge in [0.15, 0.2) is 5.96 Å². The summed E-state index contributed by atoms with van der Waals surface area (Å²) in [5.41, 5.74) is 5.01. The molecule has 3 N–H and O–H groups in total. The van der Waals surface area contributed by atoms with Crippen LogP contribution in [0.3, 0.4) is 0 Å². The van der Waals surface area contributed by atoms with Gasteiger partial charge in [0.05, 0.1) is 22.8 Å². The molecule has 1 aromatic carbocycles. The summed E-state index contributed by atoms with van der Waals surface area (Å²) in [6, 6.07) is 7.81. The van der Waals surface area contributed by atoms with Crippen molar-refractivity contribution in [2.24, 2.45) is 4.99 Å². The maximum absolute atomic E-state index is 13.6. The number of halogens is 1. The van der Waals surface area contributed by atoms with Crippen LogP contribution < -0.4 is 10.6 Å². The first-order chi connectivity index (χ1) is 15.7. The lowest BCUT2D eigenvalue weighted by molar-refractivity contribution is -0.0880. The van der Waals surface area contributed by atoms with Gasteiger partial charge in [0, 0.05) is 18.8 Å². The molecule has 9 heteroatoms. The highest BCUT2D eigenvalue weighted by Gasteiger charge is 2.37. The average molecular weight is 431 g/mol. The molecule has 2 aromatic rings. The highest BCUT2D eigenvalue weighted by atomic mass is 19.1. The van der Waals surface area contributed by atoms with Crippen LogP contribution in [0.4, 0.5) is 4.39 Å². The quantitative estimate of drug-likeness (QED) is 0.690. The number of imidazole rings is 1. The molecule has 0 saturated carbocycles. The lowest BCUT2D eigenvalue weighted by Crippen LogP contribution is -2.47. The van der Waals surface area contributed by atoms with Gasteiger partial charge in [-0.15, -0.1) is 0 Å². The second kappa shape index (κ2) is 7.60. The Bertz CT molecular complexity index is 1220. The number of allylic oxidation sites excluding steroid dienone is 4. The Kier molecular flexibility index (Phi) is 4.45. The molecule has 0 spiro atoms. The highest BCUT2D eigenvalue weighted by Crippen LogP contribution is 2.38. The fourth-order valence-corrected chi connectivity index (χ4v) is 4.34. The van der Waals surface area contributed by atoms with E-state index in [9.17, 15) is 4.39 Å². The molecule has 32 heavy (non-hydrogen) atoms. The van der Waals surface area contributed by atoms with Crippen LogP contribution in [-0.2, 0) is 11.4 Å². The minimum Gasteiger partial charge on any atom is -0.384 e. The van der Waals surface area contributed by atoms with Crippen molar-refractivity contribution >= 4 is 17.0 Å². The number of aliphatic imine (C=N–C) groups is 1. The third-order valence-electron chi connectivity index (χ3n) is 5.83. The molecular formula is C23H22FN7O. The minimum atomic E-state index is -0.117. The number of benzene rings is 1. The summed E-state index contributed by atoms with van der Waals surface area (Å²) in [6.07, 6.45) is 12.0. The SMILES string of the molecule is FC1=CC=C(C2=C(C3C=CNC(=NCc4nc5ccccc5[nH]4)N3)N3C=CON2C3)CC1. The molecule has 2 bridgehead atoms. The maximum Gasteiger partial charge on any atom is 0.196 e. The second-order valence-corrected chi connectivity index (χ2v) is 7.91. The van der Waals surface area contributed by atoms with Crippen molar-refractivity contribution in [3.63, 3.8) is 0 Å². The van der Waals surface area contributed by atoms with Crippen molar-refractivity contribution < 1.29 is 9.23 Å². The first-order valence-corrected chi connectivity index (χ1v) is 10.6. The summed E-state index contributed by atoms with van der Waals surface area (Å²) in [5.74, 6) is 1.37. The number of rotatable bonds is 4. The van der Waals surface area contributed by atoms with Gasteiger partial charge < -0.3 is 25.4 Å². The van der Waals surface area contributed by atoms with Crippen molar-refractivity contribution in [2.45, 2.75) is 25.4 Å². The van der Waals surface area contributed by atoms with E-state index in [2.05, 4.69) is 30.5 Å². The molecule has 3 aliphatic heterocycles. The fourth-order valence-electron chi connectivity index (χ4n) is 4.34. The molecule has 6 rings (SSSR count). The Labute approximate surface area is 184 Å². The number of nitrogens with zero attached hydrogens (tertiary/aromatic N) is 4. The van der Waals surface area contributed by atoms with Crippen LogP contribution >= 0.6 is 0 Å². The molecule has 4 aliphatic rings. The zero-order chi connectivity index (χ0) is 21.5. The van der Waals surface area contributed by atoms with E-state index in [1.54, 1.807) is 12.3 Å². The van der Waals surface area contributed by atoms with Gasteiger partial charge in [0.2, 0.25) is 0 Å². The Balaban J connectivity index is 1.27. The summed E-state index contributed by atoms with van der Waals surface area (Å²) in [4.78, 5) is 20.4. The Morgan fingerprint density at radius 3 is 3.03 bits per heavy atom. The van der Waals surface area contributed by atoms with E-state index in [1.807, 2.05) is 53.9 Å². The second-order valence-electron chi connectivity index (χ2n) is 7.91. The zero-order valence-corrected chi connectivity index (χ0v) is 17.3. The highest BCUT2D eigenvalue weighted by molar-refractivity contribution is 5.83. The van der Waals surface area contributed by atoms with Crippen molar-refractivity contribution in [2.75, 3.05) is 6.67 Å². The molecule has 1 aromatic heterocycles. The predicted octanol–water partition coefficient (Wildman–Crippen LogP) is 3.27. The third kappa shape index (κ3) is 3.31. The van der Waals surface area contributed by atoms with Gasteiger partial charge in [0.1, 0.15) is 36.8 Å². The normalized spacial score (nSPS) is 23.3. The molecule has 1 aliphatic carbocycles. The zero-order valence-electron chi connectivity index (χ0n) is 17.3. The van der Waals surface area contributed by atoms with Gasteiger partial charge in [-0.25, -0.2) is 14.4 Å². The minimum absolute atomic E-state index is 0.0916. The van der Waals surface area contributed by atoms with E-state index in [0.29, 0.717) is 32.0 Å². The van der Waals surface area contributed by atoms with Crippen molar-refractivity contribution in [1.29, 1.82) is 0 Å². The van der Waals surface area contributed by atoms with E-state index >= 15 is 0 Å². The number of fused-ring (bicyclic) bond motifs is 3. The van der Waals surface area contributed by atoms with E-state index < -0.39 is 0 Å². The molecule has 4 heterocycles. The molecule has 1 unspecified atom stereocenters. The monoisotopic (exact) mass is 431 g/mol. The van der Waals surface area contributed by atoms with Crippen LogP contribution in [-0.4, -0.2) is 38.6 Å². The van der Waals surface area contributed by atoms with Crippen molar-refractivity contribution in [3.05, 3.63) is 89.8 Å². The van der Waals surface area contributed by atoms with Gasteiger partial charge in [-0.05, 0) is 36.3 Å². The van der Waals surface area contributed by atoms with Crippen LogP contribution in [0, 0.1) is 0 Å². The standard InChI is InChI=1S/C23H22FN7O/c24-16-7-5-15(6-8-16)21-22(30-11-12-32-31(21)14-30)19-9-10-25-23(29-19)26-13-20-27-17-3-1-2-4-18(17)28-20/h1-5,7,9-12,19H,6,8,13-14H2,(H,27,28)(H2,25,26,29). The lowest BCUT2D eigenvalue weighted by Gasteiger charge is -2.28. The van der Waals surface area contributed by atoms with Crippen molar-refractivity contribution in [3.8, 4) is 0 Å². The molecular weight excluding hydrogens is 409 g/mol. The van der Waals surface area contributed by atoms with Gasteiger partial charge in [0.25, 0.3) is 0 Å². The number of aromatic nitrogens is 2.